The highest BCUT2D eigenvalue weighted by atomic mass is 32.2. The van der Waals surface area contributed by atoms with Crippen LogP contribution in [0, 0.1) is 5.82 Å². The summed E-state index contributed by atoms with van der Waals surface area (Å²) >= 11 is -2.52. The Morgan fingerprint density at radius 1 is 1.16 bits per heavy atom. The maximum atomic E-state index is 16.1. The molecule has 0 amide bonds. The molecular weight excluding hydrogens is 588 g/mol. The van der Waals surface area contributed by atoms with Crippen molar-refractivity contribution in [1.82, 2.24) is 19.7 Å². The van der Waals surface area contributed by atoms with Gasteiger partial charge in [0.1, 0.15) is 23.6 Å². The number of alkyl halides is 1. The zero-order chi connectivity index (χ0) is 30.8. The predicted molar refractivity (Wildman–Crippen MR) is 167 cm³/mol. The average Bonchev–Trinajstić information content (AvgIpc) is 3.56. The summed E-state index contributed by atoms with van der Waals surface area (Å²) in [5.41, 5.74) is 8.89. The lowest BCUT2D eigenvalue weighted by molar-refractivity contribution is 0.0987. The number of nitrogen functional groups attached to an aromatic ring is 1. The number of morpholine rings is 1. The van der Waals surface area contributed by atoms with Crippen LogP contribution in [0.25, 0.3) is 33.4 Å². The molecule has 13 heteroatoms. The summed E-state index contributed by atoms with van der Waals surface area (Å²) in [5, 5.41) is 0.758. The number of nitrogens with two attached hydrogens (primary N) is 1. The third-order valence-corrected chi connectivity index (χ3v) is 8.63. The van der Waals surface area contributed by atoms with Crippen molar-refractivity contribution in [2.45, 2.75) is 38.4 Å². The normalized spacial score (nSPS) is 18.6. The predicted octanol–water partition coefficient (Wildman–Crippen LogP) is 4.69. The first kappa shape index (κ1) is 30.3. The van der Waals surface area contributed by atoms with Crippen LogP contribution >= 0.6 is 0 Å². The maximum absolute atomic E-state index is 16.1. The lowest BCUT2D eigenvalue weighted by atomic mass is 9.96. The molecule has 4 aromatic rings. The molecule has 44 heavy (non-hydrogen) atoms. The Morgan fingerprint density at radius 2 is 1.98 bits per heavy atom. The first-order valence-corrected chi connectivity index (χ1v) is 15.8. The minimum atomic E-state index is -2.52. The summed E-state index contributed by atoms with van der Waals surface area (Å²) in [6.07, 6.45) is 1.82. The van der Waals surface area contributed by atoms with Crippen LogP contribution in [0.15, 0.2) is 48.7 Å². The van der Waals surface area contributed by atoms with E-state index in [2.05, 4.69) is 26.4 Å². The number of hydrogen-bond donors (Lipinski definition) is 2. The third kappa shape index (κ3) is 6.23. The van der Waals surface area contributed by atoms with E-state index in [1.807, 2.05) is 18.2 Å². The summed E-state index contributed by atoms with van der Waals surface area (Å²) in [6, 6.07) is 12.1. The van der Waals surface area contributed by atoms with E-state index in [-0.39, 0.29) is 30.1 Å². The molecule has 3 unspecified atom stereocenters. The van der Waals surface area contributed by atoms with E-state index < -0.39 is 23.3 Å². The Labute approximate surface area is 257 Å². The fourth-order valence-electron chi connectivity index (χ4n) is 5.92. The molecule has 4 heterocycles. The van der Waals surface area contributed by atoms with E-state index >= 15 is 8.78 Å². The van der Waals surface area contributed by atoms with Crippen molar-refractivity contribution in [3.05, 3.63) is 60.0 Å². The first-order chi connectivity index (χ1) is 21.3. The molecule has 232 valence electrons. The minimum Gasteiger partial charge on any atom is -0.760 e. The van der Waals surface area contributed by atoms with Crippen molar-refractivity contribution in [2.75, 3.05) is 54.9 Å². The van der Waals surface area contributed by atoms with E-state index in [1.54, 1.807) is 24.4 Å². The molecule has 2 fully saturated rings. The topological polar surface area (TPSA) is 133 Å². The molecule has 0 radical (unpaired) electrons. The number of hydrogen-bond acceptors (Lipinski definition) is 9. The second-order valence-corrected chi connectivity index (χ2v) is 11.9. The zero-order valence-electron chi connectivity index (χ0n) is 24.3. The lowest BCUT2D eigenvalue weighted by Gasteiger charge is -2.35. The van der Waals surface area contributed by atoms with Gasteiger partial charge in [0.05, 0.1) is 30.5 Å². The molecule has 2 aliphatic rings. The highest BCUT2D eigenvalue weighted by molar-refractivity contribution is 7.77. The summed E-state index contributed by atoms with van der Waals surface area (Å²) in [4.78, 5) is 18.8. The van der Waals surface area contributed by atoms with Gasteiger partial charge >= 0.3 is 0 Å². The van der Waals surface area contributed by atoms with Crippen molar-refractivity contribution < 1.29 is 22.3 Å². The third-order valence-electron chi connectivity index (χ3n) is 8.19. The molecule has 3 atom stereocenters. The lowest BCUT2D eigenvalue weighted by Crippen LogP contribution is -2.44. The van der Waals surface area contributed by atoms with Crippen molar-refractivity contribution in [3.8, 4) is 22.5 Å². The monoisotopic (exact) mass is 622 g/mol. The minimum absolute atomic E-state index is 0.0301. The Bertz CT molecular complexity index is 1670. The number of pyridine rings is 1. The molecule has 0 aliphatic carbocycles. The molecule has 0 bridgehead atoms. The Morgan fingerprint density at radius 3 is 2.70 bits per heavy atom. The SMILES string of the molecule is CC1COCCN1c1nc(-c2ccc(N)nc2)nc2c(N3CCCC3)cc(-c3cccc(C(F)CCNS(=O)[O-])c3F)cc12. The Kier molecular flexibility index (Phi) is 8.98. The largest absolute Gasteiger partial charge is 0.760 e. The Hall–Kier alpha value is -3.78. The zero-order valence-corrected chi connectivity index (χ0v) is 25.2. The number of benzene rings is 2. The number of anilines is 3. The van der Waals surface area contributed by atoms with E-state index in [4.69, 9.17) is 20.4 Å². The van der Waals surface area contributed by atoms with Gasteiger partial charge in [-0.25, -0.2) is 28.5 Å². The highest BCUT2D eigenvalue weighted by Gasteiger charge is 2.27. The van der Waals surface area contributed by atoms with Crippen molar-refractivity contribution in [1.29, 1.82) is 0 Å². The summed E-state index contributed by atoms with van der Waals surface area (Å²) in [5.74, 6) is 0.932. The first-order valence-electron chi connectivity index (χ1n) is 14.7. The number of rotatable bonds is 9. The van der Waals surface area contributed by atoms with Crippen LogP contribution in [0.2, 0.25) is 0 Å². The summed E-state index contributed by atoms with van der Waals surface area (Å²) in [7, 11) is 0. The average molecular weight is 623 g/mol. The van der Waals surface area contributed by atoms with Crippen molar-refractivity contribution in [2.24, 2.45) is 0 Å². The number of aromatic nitrogens is 3. The molecule has 10 nitrogen and oxygen atoms in total. The molecule has 0 saturated carbocycles. The quantitative estimate of drug-likeness (QED) is 0.255. The standard InChI is InChI=1S/C31H35F2N7O3S/c1-19-18-43-14-13-40(19)31-24-15-21(22-5-4-6-23(28(22)33)25(32)9-10-36-44(41)42)16-26(39-11-2-3-12-39)29(24)37-30(38-31)20-7-8-27(34)35-17-20/h4-8,15-17,19,25,36H,2-3,9-14,18H2,1H3,(H2,34,35)(H,41,42)/p-1. The Balaban J connectivity index is 1.54. The number of nitrogens with zero attached hydrogens (tertiary/aromatic N) is 5. The fourth-order valence-corrected chi connectivity index (χ4v) is 6.20. The van der Waals surface area contributed by atoms with Crippen LogP contribution in [0.4, 0.5) is 26.1 Å². The molecule has 0 spiro atoms. The molecule has 2 aromatic heterocycles. The van der Waals surface area contributed by atoms with Gasteiger partial charge in [-0.3, -0.25) is 4.21 Å². The van der Waals surface area contributed by atoms with Crippen LogP contribution in [-0.2, 0) is 16.0 Å². The van der Waals surface area contributed by atoms with Gasteiger partial charge in [-0.2, -0.15) is 0 Å². The van der Waals surface area contributed by atoms with Gasteiger partial charge in [0.2, 0.25) is 0 Å². The van der Waals surface area contributed by atoms with E-state index in [9.17, 15) is 8.76 Å². The van der Waals surface area contributed by atoms with Gasteiger partial charge in [-0.05, 0) is 56.0 Å². The van der Waals surface area contributed by atoms with Crippen LogP contribution < -0.4 is 20.3 Å². The van der Waals surface area contributed by atoms with Crippen LogP contribution in [0.5, 0.6) is 0 Å². The van der Waals surface area contributed by atoms with E-state index in [1.165, 1.54) is 6.07 Å². The van der Waals surface area contributed by atoms with E-state index in [0.717, 1.165) is 48.1 Å². The smallest absolute Gasteiger partial charge is 0.163 e. The molecule has 6 rings (SSSR count). The van der Waals surface area contributed by atoms with E-state index in [0.29, 0.717) is 42.8 Å². The highest BCUT2D eigenvalue weighted by Crippen LogP contribution is 2.41. The number of nitrogens with one attached hydrogen (secondary N) is 1. The summed E-state index contributed by atoms with van der Waals surface area (Å²) in [6.45, 7) is 5.28. The number of ether oxygens (including phenoxy) is 1. The van der Waals surface area contributed by atoms with Gasteiger partial charge in [0.15, 0.2) is 5.82 Å². The van der Waals surface area contributed by atoms with Gasteiger partial charge < -0.3 is 24.8 Å². The summed E-state index contributed by atoms with van der Waals surface area (Å²) < 4.78 is 60.7. The second-order valence-electron chi connectivity index (χ2n) is 11.1. The van der Waals surface area contributed by atoms with Crippen LogP contribution in [0.3, 0.4) is 0 Å². The van der Waals surface area contributed by atoms with Crippen molar-refractivity contribution >= 4 is 39.5 Å². The van der Waals surface area contributed by atoms with Gasteiger partial charge in [0.25, 0.3) is 0 Å². The van der Waals surface area contributed by atoms with Crippen molar-refractivity contribution in [3.63, 3.8) is 0 Å². The maximum Gasteiger partial charge on any atom is 0.163 e. The number of halogens is 2. The number of fused-ring (bicyclic) bond motifs is 1. The molecule has 2 aromatic carbocycles. The molecule has 2 aliphatic heterocycles. The van der Waals surface area contributed by atoms with Gasteiger partial charge in [-0.15, -0.1) is 0 Å². The van der Waals surface area contributed by atoms with Gasteiger partial charge in [0, 0.05) is 65.7 Å². The van der Waals surface area contributed by atoms with Crippen LogP contribution in [-0.4, -0.2) is 69.1 Å². The molecule has 2 saturated heterocycles. The molecular formula is C31H34F2N7O3S-. The fraction of sp³-hybridized carbons (Fsp3) is 0.387. The van der Waals surface area contributed by atoms with Gasteiger partial charge in [-0.1, -0.05) is 18.2 Å². The molecule has 3 N–H and O–H groups in total. The second kappa shape index (κ2) is 13.1. The van der Waals surface area contributed by atoms with Crippen LogP contribution in [0.1, 0.15) is 37.9 Å².